The first-order valence-electron chi connectivity index (χ1n) is 9.40. The van der Waals surface area contributed by atoms with Gasteiger partial charge in [-0.25, -0.2) is 13.6 Å². The predicted octanol–water partition coefficient (Wildman–Crippen LogP) is 4.02. The minimum Gasteiger partial charge on any atom is -0.335 e. The van der Waals surface area contributed by atoms with Crippen LogP contribution in [0.5, 0.6) is 0 Å². The molecular formula is C19H25F2N3O. The smallest absolute Gasteiger partial charge is 0.319 e. The Kier molecular flexibility index (Phi) is 4.63. The second-order valence-electron chi connectivity index (χ2n) is 7.66. The van der Waals surface area contributed by atoms with Gasteiger partial charge < -0.3 is 10.6 Å². The molecule has 3 fully saturated rings. The number of rotatable bonds is 3. The van der Waals surface area contributed by atoms with Crippen molar-refractivity contribution in [2.75, 3.05) is 5.32 Å². The number of carbonyl (C=O) groups excluding carboxylic acids is 1. The van der Waals surface area contributed by atoms with E-state index in [0.29, 0.717) is 12.1 Å². The highest BCUT2D eigenvalue weighted by molar-refractivity contribution is 5.89. The lowest BCUT2D eigenvalue weighted by molar-refractivity contribution is 0.0746. The van der Waals surface area contributed by atoms with Crippen molar-refractivity contribution in [1.29, 1.82) is 0 Å². The number of piperidine rings is 1. The van der Waals surface area contributed by atoms with Crippen LogP contribution in [0, 0.1) is 11.6 Å². The minimum absolute atomic E-state index is 0.00487. The Morgan fingerprint density at radius 1 is 1.00 bits per heavy atom. The van der Waals surface area contributed by atoms with Gasteiger partial charge in [-0.2, -0.15) is 0 Å². The molecule has 1 aromatic carbocycles. The summed E-state index contributed by atoms with van der Waals surface area (Å²) in [5.74, 6) is -1.41. The molecule has 0 spiro atoms. The van der Waals surface area contributed by atoms with Crippen molar-refractivity contribution >= 4 is 11.7 Å². The third-order valence-electron chi connectivity index (χ3n) is 6.05. The lowest BCUT2D eigenvalue weighted by Gasteiger charge is -2.42. The average molecular weight is 349 g/mol. The fourth-order valence-corrected chi connectivity index (χ4v) is 5.06. The van der Waals surface area contributed by atoms with E-state index < -0.39 is 17.7 Å². The third-order valence-corrected chi connectivity index (χ3v) is 6.05. The number of nitrogens with zero attached hydrogens (tertiary/aromatic N) is 1. The molecule has 0 radical (unpaired) electrons. The number of benzene rings is 1. The van der Waals surface area contributed by atoms with Crippen molar-refractivity contribution in [3.8, 4) is 0 Å². The topological polar surface area (TPSA) is 44.4 Å². The minimum atomic E-state index is -0.758. The largest absolute Gasteiger partial charge is 0.335 e. The molecule has 2 heterocycles. The maximum atomic E-state index is 13.7. The van der Waals surface area contributed by atoms with Crippen molar-refractivity contribution < 1.29 is 13.6 Å². The molecule has 2 amide bonds. The molecule has 2 bridgehead atoms. The first-order chi connectivity index (χ1) is 12.1. The molecule has 25 heavy (non-hydrogen) atoms. The van der Waals surface area contributed by atoms with Crippen molar-refractivity contribution in [2.45, 2.75) is 75.5 Å². The van der Waals surface area contributed by atoms with Crippen LogP contribution in [0.4, 0.5) is 19.3 Å². The Bertz CT molecular complexity index is 634. The molecule has 2 aliphatic heterocycles. The van der Waals surface area contributed by atoms with Crippen LogP contribution in [0.1, 0.15) is 51.4 Å². The predicted molar refractivity (Wildman–Crippen MR) is 92.4 cm³/mol. The second kappa shape index (κ2) is 6.90. The van der Waals surface area contributed by atoms with Crippen molar-refractivity contribution in [3.63, 3.8) is 0 Å². The van der Waals surface area contributed by atoms with Crippen LogP contribution >= 0.6 is 0 Å². The number of urea groups is 1. The lowest BCUT2D eigenvalue weighted by atomic mass is 9.95. The number of hydrogen-bond acceptors (Lipinski definition) is 2. The number of hydrogen-bond donors (Lipinski definition) is 2. The van der Waals surface area contributed by atoms with Crippen LogP contribution in [0.15, 0.2) is 18.2 Å². The van der Waals surface area contributed by atoms with Crippen LogP contribution in [0.2, 0.25) is 0 Å². The van der Waals surface area contributed by atoms with Crippen LogP contribution in [-0.2, 0) is 0 Å². The van der Waals surface area contributed by atoms with Crippen molar-refractivity contribution in [1.82, 2.24) is 10.2 Å². The molecule has 2 N–H and O–H groups in total. The quantitative estimate of drug-likeness (QED) is 0.865. The van der Waals surface area contributed by atoms with E-state index in [9.17, 15) is 13.6 Å². The first-order valence-corrected chi connectivity index (χ1v) is 9.40. The highest BCUT2D eigenvalue weighted by Crippen LogP contribution is 2.41. The summed E-state index contributed by atoms with van der Waals surface area (Å²) in [4.78, 5) is 14.9. The Morgan fingerprint density at radius 2 is 1.68 bits per heavy atom. The van der Waals surface area contributed by atoms with Gasteiger partial charge in [-0.15, -0.1) is 0 Å². The number of halogens is 2. The van der Waals surface area contributed by atoms with E-state index in [-0.39, 0.29) is 11.7 Å². The van der Waals surface area contributed by atoms with E-state index in [1.54, 1.807) is 0 Å². The average Bonchev–Trinajstić information content (AvgIpc) is 3.16. The summed E-state index contributed by atoms with van der Waals surface area (Å²) >= 11 is 0. The van der Waals surface area contributed by atoms with Gasteiger partial charge in [0.25, 0.3) is 0 Å². The van der Waals surface area contributed by atoms with Gasteiger partial charge in [0, 0.05) is 30.2 Å². The molecule has 4 nitrogen and oxygen atoms in total. The van der Waals surface area contributed by atoms with Gasteiger partial charge in [0.05, 0.1) is 5.69 Å². The van der Waals surface area contributed by atoms with Gasteiger partial charge in [0.2, 0.25) is 0 Å². The van der Waals surface area contributed by atoms with Crippen molar-refractivity contribution in [2.24, 2.45) is 0 Å². The molecule has 3 atom stereocenters. The van der Waals surface area contributed by atoms with Gasteiger partial charge in [-0.1, -0.05) is 12.8 Å². The molecule has 1 saturated carbocycles. The molecular weight excluding hydrogens is 324 g/mol. The zero-order valence-corrected chi connectivity index (χ0v) is 14.3. The summed E-state index contributed by atoms with van der Waals surface area (Å²) in [7, 11) is 0. The SMILES string of the molecule is O=C(Nc1ccc(F)cc1F)NC1C[C@H]2CC[C@@H](C1)N2C1CCCC1. The maximum Gasteiger partial charge on any atom is 0.319 e. The normalized spacial score (nSPS) is 29.8. The molecule has 1 aromatic rings. The Balaban J connectivity index is 1.34. The maximum absolute atomic E-state index is 13.7. The number of fused-ring (bicyclic) bond motifs is 2. The van der Waals surface area contributed by atoms with Crippen LogP contribution in [0.25, 0.3) is 0 Å². The molecule has 3 aliphatic rings. The molecule has 1 unspecified atom stereocenters. The summed E-state index contributed by atoms with van der Waals surface area (Å²) in [5, 5.41) is 5.48. The molecule has 2 saturated heterocycles. The van der Waals surface area contributed by atoms with Gasteiger partial charge in [-0.05, 0) is 50.7 Å². The fraction of sp³-hybridized carbons (Fsp3) is 0.632. The summed E-state index contributed by atoms with van der Waals surface area (Å²) < 4.78 is 26.6. The van der Waals surface area contributed by atoms with Crippen LogP contribution in [0.3, 0.4) is 0 Å². The van der Waals surface area contributed by atoms with Gasteiger partial charge in [0.15, 0.2) is 0 Å². The van der Waals surface area contributed by atoms with Crippen LogP contribution in [-0.4, -0.2) is 35.1 Å². The number of anilines is 1. The van der Waals surface area contributed by atoms with E-state index in [1.807, 2.05) is 0 Å². The molecule has 6 heteroatoms. The Morgan fingerprint density at radius 3 is 2.32 bits per heavy atom. The Labute approximate surface area is 147 Å². The highest BCUT2D eigenvalue weighted by Gasteiger charge is 2.44. The van der Waals surface area contributed by atoms with E-state index in [4.69, 9.17) is 0 Å². The highest BCUT2D eigenvalue weighted by atomic mass is 19.1. The fourth-order valence-electron chi connectivity index (χ4n) is 5.06. The zero-order valence-electron chi connectivity index (χ0n) is 14.3. The molecule has 136 valence electrons. The third kappa shape index (κ3) is 3.50. The summed E-state index contributed by atoms with van der Waals surface area (Å²) in [5.41, 5.74) is 0.00487. The van der Waals surface area contributed by atoms with Crippen LogP contribution < -0.4 is 10.6 Å². The number of carbonyl (C=O) groups is 1. The van der Waals surface area contributed by atoms with Gasteiger partial charge in [-0.3, -0.25) is 4.90 Å². The van der Waals surface area contributed by atoms with E-state index in [1.165, 1.54) is 44.6 Å². The molecule has 4 rings (SSSR count). The molecule has 0 aromatic heterocycles. The number of amides is 2. The monoisotopic (exact) mass is 349 g/mol. The Hall–Kier alpha value is -1.69. The zero-order chi connectivity index (χ0) is 17.4. The standard InChI is InChI=1S/C19H25F2N3O/c20-12-5-8-18(17(21)9-12)23-19(25)22-13-10-15-6-7-16(11-13)24(15)14-3-1-2-4-14/h5,8-9,13-16H,1-4,6-7,10-11H2,(H2,22,23,25)/t13?,15-,16+. The summed E-state index contributed by atoms with van der Waals surface area (Å²) in [6.07, 6.45) is 9.67. The lowest BCUT2D eigenvalue weighted by Crippen LogP contribution is -2.53. The summed E-state index contributed by atoms with van der Waals surface area (Å²) in [6, 6.07) is 4.74. The van der Waals surface area contributed by atoms with E-state index in [2.05, 4.69) is 15.5 Å². The van der Waals surface area contributed by atoms with E-state index in [0.717, 1.165) is 31.0 Å². The van der Waals surface area contributed by atoms with Gasteiger partial charge >= 0.3 is 6.03 Å². The molecule has 1 aliphatic carbocycles. The second-order valence-corrected chi connectivity index (χ2v) is 7.66. The first kappa shape index (κ1) is 16.8. The van der Waals surface area contributed by atoms with E-state index >= 15 is 0 Å². The number of nitrogens with one attached hydrogen (secondary N) is 2. The van der Waals surface area contributed by atoms with Gasteiger partial charge in [0.1, 0.15) is 11.6 Å². The summed E-state index contributed by atoms with van der Waals surface area (Å²) in [6.45, 7) is 0. The van der Waals surface area contributed by atoms with Crippen molar-refractivity contribution in [3.05, 3.63) is 29.8 Å².